The molecule has 0 spiro atoms. The van der Waals surface area contributed by atoms with E-state index in [0.717, 1.165) is 24.5 Å². The predicted octanol–water partition coefficient (Wildman–Crippen LogP) is 3.74. The first kappa shape index (κ1) is 20.9. The highest BCUT2D eigenvalue weighted by Crippen LogP contribution is 2.38. The molecule has 0 bridgehead atoms. The summed E-state index contributed by atoms with van der Waals surface area (Å²) >= 11 is 0. The predicted molar refractivity (Wildman–Crippen MR) is 127 cm³/mol. The molecule has 2 heterocycles. The average Bonchev–Trinajstić information content (AvgIpc) is 3.00. The standard InChI is InChI=1S/C26H24N4O3/c1-29(2)14-13-27-22-12-11-18(15-28-22)30-16-17-7-3-6-10-21(17)33-26-23(30)24(31)19-8-4-5-9-20(19)25(26)32/h3-12,15H,13-14,16H2,1-2H3,(H,27,28). The second-order valence-corrected chi connectivity index (χ2v) is 8.31. The molecule has 7 heteroatoms. The van der Waals surface area contributed by atoms with Gasteiger partial charge >= 0.3 is 0 Å². The monoisotopic (exact) mass is 440 g/mol. The van der Waals surface area contributed by atoms with Crippen LogP contribution in [0, 0.1) is 0 Å². The van der Waals surface area contributed by atoms with E-state index in [1.165, 1.54) is 0 Å². The Kier molecular flexibility index (Phi) is 5.40. The fraction of sp³-hybridized carbons (Fsp3) is 0.192. The average molecular weight is 441 g/mol. The summed E-state index contributed by atoms with van der Waals surface area (Å²) in [7, 11) is 4.03. The summed E-state index contributed by atoms with van der Waals surface area (Å²) in [6, 6.07) is 18.2. The van der Waals surface area contributed by atoms with Gasteiger partial charge in [0.25, 0.3) is 0 Å². The number of carbonyl (C=O) groups is 2. The number of carbonyl (C=O) groups excluding carboxylic acids is 2. The van der Waals surface area contributed by atoms with Crippen molar-refractivity contribution in [2.45, 2.75) is 6.54 Å². The van der Waals surface area contributed by atoms with Gasteiger partial charge in [0.05, 0.1) is 18.4 Å². The van der Waals surface area contributed by atoms with Crippen LogP contribution < -0.4 is 15.0 Å². The van der Waals surface area contributed by atoms with Crippen LogP contribution >= 0.6 is 0 Å². The van der Waals surface area contributed by atoms with Gasteiger partial charge in [-0.3, -0.25) is 9.59 Å². The van der Waals surface area contributed by atoms with Gasteiger partial charge in [-0.2, -0.15) is 0 Å². The van der Waals surface area contributed by atoms with E-state index < -0.39 is 0 Å². The van der Waals surface area contributed by atoms with Crippen LogP contribution in [-0.4, -0.2) is 48.6 Å². The topological polar surface area (TPSA) is 74.8 Å². The largest absolute Gasteiger partial charge is 0.450 e. The van der Waals surface area contributed by atoms with Crippen molar-refractivity contribution in [3.63, 3.8) is 0 Å². The van der Waals surface area contributed by atoms with Crippen LogP contribution in [0.3, 0.4) is 0 Å². The second-order valence-electron chi connectivity index (χ2n) is 8.31. The van der Waals surface area contributed by atoms with Gasteiger partial charge in [-0.15, -0.1) is 0 Å². The fourth-order valence-electron chi connectivity index (χ4n) is 4.05. The van der Waals surface area contributed by atoms with E-state index >= 15 is 0 Å². The van der Waals surface area contributed by atoms with E-state index in [1.54, 1.807) is 30.5 Å². The van der Waals surface area contributed by atoms with Gasteiger partial charge in [-0.25, -0.2) is 4.98 Å². The molecule has 0 atom stereocenters. The van der Waals surface area contributed by atoms with Crippen molar-refractivity contribution in [1.82, 2.24) is 9.88 Å². The number of aromatic nitrogens is 1. The summed E-state index contributed by atoms with van der Waals surface area (Å²) in [6.07, 6.45) is 1.72. The number of hydrogen-bond donors (Lipinski definition) is 1. The van der Waals surface area contributed by atoms with Crippen LogP contribution in [0.4, 0.5) is 11.5 Å². The molecule has 0 fully saturated rings. The number of fused-ring (bicyclic) bond motifs is 2. The Morgan fingerprint density at radius 2 is 1.70 bits per heavy atom. The maximum absolute atomic E-state index is 13.6. The lowest BCUT2D eigenvalue weighted by atomic mass is 9.90. The van der Waals surface area contributed by atoms with E-state index in [0.29, 0.717) is 29.1 Å². The molecule has 0 amide bonds. The third-order valence-corrected chi connectivity index (χ3v) is 5.76. The number of ketones is 2. The van der Waals surface area contributed by atoms with Gasteiger partial charge in [0.2, 0.25) is 17.3 Å². The lowest BCUT2D eigenvalue weighted by Gasteiger charge is -2.28. The Bertz CT molecular complexity index is 1260. The number of pyridine rings is 1. The SMILES string of the molecule is CN(C)CCNc1ccc(N2Cc3ccccc3OC3=C2C(=O)c2ccccc2C3=O)cn1. The second kappa shape index (κ2) is 8.52. The third-order valence-electron chi connectivity index (χ3n) is 5.76. The zero-order valence-corrected chi connectivity index (χ0v) is 18.5. The van der Waals surface area contributed by atoms with Crippen molar-refractivity contribution in [2.24, 2.45) is 0 Å². The number of para-hydroxylation sites is 1. The number of nitrogens with zero attached hydrogens (tertiary/aromatic N) is 3. The first-order chi connectivity index (χ1) is 16.0. The molecule has 1 aliphatic heterocycles. The molecule has 1 N–H and O–H groups in total. The van der Waals surface area contributed by atoms with Crippen molar-refractivity contribution in [1.29, 1.82) is 0 Å². The number of ether oxygens (including phenoxy) is 1. The van der Waals surface area contributed by atoms with Gasteiger partial charge in [0, 0.05) is 29.8 Å². The van der Waals surface area contributed by atoms with Crippen molar-refractivity contribution in [2.75, 3.05) is 37.4 Å². The molecule has 1 aliphatic carbocycles. The zero-order valence-electron chi connectivity index (χ0n) is 18.5. The highest BCUT2D eigenvalue weighted by molar-refractivity contribution is 6.27. The van der Waals surface area contributed by atoms with Crippen LogP contribution in [0.15, 0.2) is 78.3 Å². The van der Waals surface area contributed by atoms with Crippen LogP contribution in [0.25, 0.3) is 0 Å². The summed E-state index contributed by atoms with van der Waals surface area (Å²) in [5.74, 6) is 0.843. The smallest absolute Gasteiger partial charge is 0.231 e. The Balaban J connectivity index is 1.56. The maximum atomic E-state index is 13.6. The summed E-state index contributed by atoms with van der Waals surface area (Å²) in [5, 5.41) is 3.29. The van der Waals surface area contributed by atoms with Gasteiger partial charge in [0.1, 0.15) is 17.3 Å². The zero-order chi connectivity index (χ0) is 22.9. The lowest BCUT2D eigenvalue weighted by Crippen LogP contribution is -2.34. The van der Waals surface area contributed by atoms with Gasteiger partial charge in [-0.1, -0.05) is 42.5 Å². The molecule has 0 saturated heterocycles. The number of Topliss-reactive ketones (excluding diaryl/α,β-unsaturated/α-hetero) is 2. The van der Waals surface area contributed by atoms with E-state index in [9.17, 15) is 9.59 Å². The van der Waals surface area contributed by atoms with Crippen molar-refractivity contribution in [3.8, 4) is 5.75 Å². The normalized spacial score (nSPS) is 14.9. The summed E-state index contributed by atoms with van der Waals surface area (Å²) < 4.78 is 6.08. The van der Waals surface area contributed by atoms with Crippen LogP contribution in [-0.2, 0) is 6.54 Å². The summed E-state index contributed by atoms with van der Waals surface area (Å²) in [6.45, 7) is 2.03. The van der Waals surface area contributed by atoms with Crippen molar-refractivity contribution < 1.29 is 14.3 Å². The minimum Gasteiger partial charge on any atom is -0.450 e. The molecule has 0 radical (unpaired) electrons. The molecule has 2 aliphatic rings. The molecule has 3 aromatic rings. The van der Waals surface area contributed by atoms with Gasteiger partial charge in [-0.05, 0) is 32.3 Å². The van der Waals surface area contributed by atoms with Crippen LogP contribution in [0.5, 0.6) is 5.75 Å². The molecule has 7 nitrogen and oxygen atoms in total. The summed E-state index contributed by atoms with van der Waals surface area (Å²) in [4.78, 5) is 35.4. The number of hydrogen-bond acceptors (Lipinski definition) is 7. The number of likely N-dealkylation sites (N-methyl/N-ethyl adjacent to an activating group) is 1. The number of allylic oxidation sites excluding steroid dienone is 2. The Labute approximate surface area is 192 Å². The molecule has 1 aromatic heterocycles. The Morgan fingerprint density at radius 1 is 0.970 bits per heavy atom. The van der Waals surface area contributed by atoms with E-state index in [4.69, 9.17) is 4.74 Å². The van der Waals surface area contributed by atoms with E-state index in [2.05, 4.69) is 15.2 Å². The van der Waals surface area contributed by atoms with E-state index in [-0.39, 0.29) is 23.0 Å². The molecule has 5 rings (SSSR count). The number of anilines is 2. The molecule has 0 unspecified atom stereocenters. The Hall–Kier alpha value is -3.97. The minimum atomic E-state index is -0.295. The van der Waals surface area contributed by atoms with E-state index in [1.807, 2.05) is 55.4 Å². The molecule has 166 valence electrons. The van der Waals surface area contributed by atoms with Gasteiger partial charge < -0.3 is 19.9 Å². The molecule has 33 heavy (non-hydrogen) atoms. The highest BCUT2D eigenvalue weighted by Gasteiger charge is 2.39. The third kappa shape index (κ3) is 3.87. The number of benzene rings is 2. The minimum absolute atomic E-state index is 0.0526. The molecule has 2 aromatic carbocycles. The van der Waals surface area contributed by atoms with Crippen LogP contribution in [0.1, 0.15) is 26.3 Å². The molecular weight excluding hydrogens is 416 g/mol. The van der Waals surface area contributed by atoms with Crippen LogP contribution in [0.2, 0.25) is 0 Å². The van der Waals surface area contributed by atoms with Gasteiger partial charge in [0.15, 0.2) is 0 Å². The van der Waals surface area contributed by atoms with Crippen molar-refractivity contribution in [3.05, 3.63) is 95.0 Å². The molecule has 0 saturated carbocycles. The quantitative estimate of drug-likeness (QED) is 0.648. The highest BCUT2D eigenvalue weighted by atomic mass is 16.5. The fourth-order valence-corrected chi connectivity index (χ4v) is 4.05. The first-order valence-corrected chi connectivity index (χ1v) is 10.8. The lowest BCUT2D eigenvalue weighted by molar-refractivity contribution is 0.0936. The molecular formula is C26H24N4O3. The number of rotatable bonds is 5. The van der Waals surface area contributed by atoms with Crippen molar-refractivity contribution >= 4 is 23.1 Å². The number of nitrogens with one attached hydrogen (secondary N) is 1. The summed E-state index contributed by atoms with van der Waals surface area (Å²) in [5.41, 5.74) is 2.58. The first-order valence-electron chi connectivity index (χ1n) is 10.8. The Morgan fingerprint density at radius 3 is 2.42 bits per heavy atom. The maximum Gasteiger partial charge on any atom is 0.231 e.